The number of benzene rings is 1. The molecule has 2 aliphatic heterocycles. The number of anilines is 2. The molecular formula is C15H15N3O2. The second kappa shape index (κ2) is 4.97. The van der Waals surface area contributed by atoms with Crippen LogP contribution in [0.25, 0.3) is 0 Å². The van der Waals surface area contributed by atoms with E-state index < -0.39 is 0 Å². The zero-order chi connectivity index (χ0) is 14.1. The molecule has 20 heavy (non-hydrogen) atoms. The molecule has 0 unspecified atom stereocenters. The standard InChI is InChI=1S/C15H15N3O2/c16-9-11-7-12(18-10-13(19)8-15(18)20)3-4-14(11)17-5-1-2-6-17/h3-4,7H,1-2,5-6,8,10H2. The van der Waals surface area contributed by atoms with Crippen LogP contribution in [-0.2, 0) is 9.59 Å². The van der Waals surface area contributed by atoms with Gasteiger partial charge in [0.25, 0.3) is 0 Å². The lowest BCUT2D eigenvalue weighted by Gasteiger charge is -2.21. The summed E-state index contributed by atoms with van der Waals surface area (Å²) in [5.74, 6) is -0.259. The van der Waals surface area contributed by atoms with E-state index in [-0.39, 0.29) is 24.7 Å². The van der Waals surface area contributed by atoms with Crippen molar-refractivity contribution in [1.82, 2.24) is 0 Å². The molecule has 5 heteroatoms. The number of Topliss-reactive ketones (excluding diaryl/α,β-unsaturated/α-hetero) is 1. The lowest BCUT2D eigenvalue weighted by molar-refractivity contribution is -0.121. The highest BCUT2D eigenvalue weighted by Crippen LogP contribution is 2.29. The molecule has 0 aromatic heterocycles. The minimum atomic E-state index is -0.187. The van der Waals surface area contributed by atoms with Gasteiger partial charge in [-0.2, -0.15) is 5.26 Å². The summed E-state index contributed by atoms with van der Waals surface area (Å²) in [6.45, 7) is 2.05. The molecular weight excluding hydrogens is 254 g/mol. The summed E-state index contributed by atoms with van der Waals surface area (Å²) in [4.78, 5) is 26.7. The largest absolute Gasteiger partial charge is 0.370 e. The second-order valence-corrected chi connectivity index (χ2v) is 5.20. The second-order valence-electron chi connectivity index (χ2n) is 5.20. The van der Waals surface area contributed by atoms with Crippen LogP contribution in [0.4, 0.5) is 11.4 Å². The predicted molar refractivity (Wildman–Crippen MR) is 74.6 cm³/mol. The molecule has 102 valence electrons. The van der Waals surface area contributed by atoms with E-state index in [2.05, 4.69) is 11.0 Å². The molecule has 3 rings (SSSR count). The Morgan fingerprint density at radius 1 is 1.15 bits per heavy atom. The molecule has 0 radical (unpaired) electrons. The zero-order valence-corrected chi connectivity index (χ0v) is 11.1. The van der Waals surface area contributed by atoms with E-state index in [0.717, 1.165) is 31.6 Å². The lowest BCUT2D eigenvalue weighted by atomic mass is 10.1. The quantitative estimate of drug-likeness (QED) is 0.762. The van der Waals surface area contributed by atoms with Crippen molar-refractivity contribution in [3.05, 3.63) is 23.8 Å². The van der Waals surface area contributed by atoms with Gasteiger partial charge in [-0.1, -0.05) is 0 Å². The maximum atomic E-state index is 11.7. The third-order valence-electron chi connectivity index (χ3n) is 3.84. The average molecular weight is 269 g/mol. The number of nitrogens with zero attached hydrogens (tertiary/aromatic N) is 3. The topological polar surface area (TPSA) is 64.4 Å². The summed E-state index contributed by atoms with van der Waals surface area (Å²) < 4.78 is 0. The number of ketones is 1. The molecule has 0 saturated carbocycles. The van der Waals surface area contributed by atoms with Crippen LogP contribution in [0, 0.1) is 11.3 Å². The number of amides is 1. The van der Waals surface area contributed by atoms with Gasteiger partial charge in [0.15, 0.2) is 5.78 Å². The van der Waals surface area contributed by atoms with Gasteiger partial charge in [0.05, 0.1) is 24.2 Å². The van der Waals surface area contributed by atoms with Gasteiger partial charge >= 0.3 is 0 Å². The summed E-state index contributed by atoms with van der Waals surface area (Å²) in [6.07, 6.45) is 2.26. The number of nitriles is 1. The molecule has 2 saturated heterocycles. The van der Waals surface area contributed by atoms with E-state index >= 15 is 0 Å². The van der Waals surface area contributed by atoms with Crippen LogP contribution in [0.15, 0.2) is 18.2 Å². The molecule has 0 spiro atoms. The van der Waals surface area contributed by atoms with Crippen molar-refractivity contribution < 1.29 is 9.59 Å². The molecule has 0 aliphatic carbocycles. The Bertz CT molecular complexity index is 612. The molecule has 0 atom stereocenters. The molecule has 1 amide bonds. The summed E-state index contributed by atoms with van der Waals surface area (Å²) in [5, 5.41) is 9.32. The van der Waals surface area contributed by atoms with Gasteiger partial charge in [0, 0.05) is 18.8 Å². The highest BCUT2D eigenvalue weighted by Gasteiger charge is 2.29. The molecule has 1 aromatic rings. The Balaban J connectivity index is 1.93. The van der Waals surface area contributed by atoms with E-state index in [1.165, 1.54) is 4.90 Å². The first-order valence-corrected chi connectivity index (χ1v) is 6.80. The number of carbonyl (C=O) groups excluding carboxylic acids is 2. The van der Waals surface area contributed by atoms with Crippen LogP contribution >= 0.6 is 0 Å². The molecule has 5 nitrogen and oxygen atoms in total. The van der Waals surface area contributed by atoms with Gasteiger partial charge in [-0.3, -0.25) is 9.59 Å². The zero-order valence-electron chi connectivity index (χ0n) is 11.1. The van der Waals surface area contributed by atoms with E-state index in [1.807, 2.05) is 12.1 Å². The third kappa shape index (κ3) is 2.14. The molecule has 1 aromatic carbocycles. The normalized spacial score (nSPS) is 18.8. The number of hydrogen-bond acceptors (Lipinski definition) is 4. The molecule has 2 heterocycles. The monoisotopic (exact) mass is 269 g/mol. The minimum Gasteiger partial charge on any atom is -0.370 e. The van der Waals surface area contributed by atoms with Crippen molar-refractivity contribution in [2.75, 3.05) is 29.4 Å². The summed E-state index contributed by atoms with van der Waals surface area (Å²) in [6, 6.07) is 7.62. The highest BCUT2D eigenvalue weighted by molar-refractivity contribution is 6.15. The van der Waals surface area contributed by atoms with Gasteiger partial charge in [-0.05, 0) is 31.0 Å². The Kier molecular flexibility index (Phi) is 3.15. The first-order chi connectivity index (χ1) is 9.69. The Labute approximate surface area is 117 Å². The van der Waals surface area contributed by atoms with Crippen LogP contribution in [0.2, 0.25) is 0 Å². The minimum absolute atomic E-state index is 0.0320. The Hall–Kier alpha value is -2.35. The SMILES string of the molecule is N#Cc1cc(N2CC(=O)CC2=O)ccc1N1CCCC1. The highest BCUT2D eigenvalue weighted by atomic mass is 16.2. The van der Waals surface area contributed by atoms with Crippen LogP contribution in [0.1, 0.15) is 24.8 Å². The number of rotatable bonds is 2. The molecule has 0 N–H and O–H groups in total. The van der Waals surface area contributed by atoms with Gasteiger partial charge in [-0.15, -0.1) is 0 Å². The van der Waals surface area contributed by atoms with E-state index in [9.17, 15) is 14.9 Å². The lowest BCUT2D eigenvalue weighted by Crippen LogP contribution is -2.25. The van der Waals surface area contributed by atoms with Crippen LogP contribution in [0.5, 0.6) is 0 Å². The average Bonchev–Trinajstić information content (AvgIpc) is 3.07. The maximum Gasteiger partial charge on any atom is 0.234 e. The van der Waals surface area contributed by atoms with E-state index in [1.54, 1.807) is 6.07 Å². The fourth-order valence-electron chi connectivity index (χ4n) is 2.84. The van der Waals surface area contributed by atoms with E-state index in [0.29, 0.717) is 11.3 Å². The van der Waals surface area contributed by atoms with Crippen LogP contribution in [-0.4, -0.2) is 31.3 Å². The predicted octanol–water partition coefficient (Wildman–Crippen LogP) is 1.46. The van der Waals surface area contributed by atoms with Crippen molar-refractivity contribution in [1.29, 1.82) is 5.26 Å². The third-order valence-corrected chi connectivity index (χ3v) is 3.84. The maximum absolute atomic E-state index is 11.7. The molecule has 2 aliphatic rings. The molecule has 0 bridgehead atoms. The van der Waals surface area contributed by atoms with Crippen molar-refractivity contribution in [2.24, 2.45) is 0 Å². The number of hydrogen-bond donors (Lipinski definition) is 0. The van der Waals surface area contributed by atoms with E-state index in [4.69, 9.17) is 0 Å². The van der Waals surface area contributed by atoms with Gasteiger partial charge in [0.2, 0.25) is 5.91 Å². The summed E-state index contributed by atoms with van der Waals surface area (Å²) >= 11 is 0. The van der Waals surface area contributed by atoms with Gasteiger partial charge in [-0.25, -0.2) is 0 Å². The number of carbonyl (C=O) groups is 2. The van der Waals surface area contributed by atoms with Crippen LogP contribution in [0.3, 0.4) is 0 Å². The van der Waals surface area contributed by atoms with Gasteiger partial charge < -0.3 is 9.80 Å². The fraction of sp³-hybridized carbons (Fsp3) is 0.400. The first-order valence-electron chi connectivity index (χ1n) is 6.80. The van der Waals surface area contributed by atoms with Crippen molar-refractivity contribution in [3.63, 3.8) is 0 Å². The Morgan fingerprint density at radius 3 is 2.50 bits per heavy atom. The Morgan fingerprint density at radius 2 is 1.90 bits per heavy atom. The van der Waals surface area contributed by atoms with Crippen molar-refractivity contribution in [3.8, 4) is 6.07 Å². The fourth-order valence-corrected chi connectivity index (χ4v) is 2.84. The van der Waals surface area contributed by atoms with Crippen molar-refractivity contribution >= 4 is 23.1 Å². The van der Waals surface area contributed by atoms with Gasteiger partial charge in [0.1, 0.15) is 6.07 Å². The van der Waals surface area contributed by atoms with Crippen molar-refractivity contribution in [2.45, 2.75) is 19.3 Å². The summed E-state index contributed by atoms with van der Waals surface area (Å²) in [5.41, 5.74) is 2.13. The summed E-state index contributed by atoms with van der Waals surface area (Å²) in [7, 11) is 0. The smallest absolute Gasteiger partial charge is 0.234 e. The van der Waals surface area contributed by atoms with Crippen LogP contribution < -0.4 is 9.80 Å². The first kappa shape index (κ1) is 12.7. The molecule has 2 fully saturated rings.